The van der Waals surface area contributed by atoms with Crippen LogP contribution in [0.3, 0.4) is 0 Å². The SMILES string of the molecule is COc1ccc(-c2cnc(-c3cccc(-c4nnn(Cc5ccc(C(=O)O)cc5)n4)c3)s2)cc1. The molecule has 0 saturated heterocycles. The van der Waals surface area contributed by atoms with E-state index in [1.54, 1.807) is 42.7 Å². The Balaban J connectivity index is 1.34. The molecule has 2 aromatic heterocycles. The Morgan fingerprint density at radius 3 is 2.50 bits per heavy atom. The lowest BCUT2D eigenvalue weighted by atomic mass is 10.1. The van der Waals surface area contributed by atoms with Crippen LogP contribution in [0, 0.1) is 0 Å². The van der Waals surface area contributed by atoms with Crippen molar-refractivity contribution in [1.29, 1.82) is 0 Å². The van der Waals surface area contributed by atoms with E-state index >= 15 is 0 Å². The molecule has 9 heteroatoms. The normalized spacial score (nSPS) is 10.9. The van der Waals surface area contributed by atoms with Gasteiger partial charge in [-0.25, -0.2) is 9.78 Å². The first-order chi connectivity index (χ1) is 16.6. The second kappa shape index (κ2) is 9.24. The van der Waals surface area contributed by atoms with Crippen molar-refractivity contribution in [3.05, 3.63) is 90.1 Å². The molecule has 0 spiro atoms. The van der Waals surface area contributed by atoms with Crippen LogP contribution in [0.1, 0.15) is 15.9 Å². The quantitative estimate of drug-likeness (QED) is 0.362. The van der Waals surface area contributed by atoms with Crippen LogP contribution in [0.25, 0.3) is 32.4 Å². The number of hydrogen-bond acceptors (Lipinski definition) is 7. The fourth-order valence-electron chi connectivity index (χ4n) is 3.43. The zero-order valence-electron chi connectivity index (χ0n) is 18.1. The fraction of sp³-hybridized carbons (Fsp3) is 0.0800. The molecule has 0 amide bonds. The predicted octanol–water partition coefficient (Wildman–Crippen LogP) is 4.89. The molecule has 34 heavy (non-hydrogen) atoms. The Bertz CT molecular complexity index is 1440. The summed E-state index contributed by atoms with van der Waals surface area (Å²) in [5.74, 6) is 0.374. The maximum atomic E-state index is 11.0. The van der Waals surface area contributed by atoms with Gasteiger partial charge in [-0.1, -0.05) is 30.3 Å². The van der Waals surface area contributed by atoms with Crippen LogP contribution in [0.2, 0.25) is 0 Å². The largest absolute Gasteiger partial charge is 0.497 e. The average Bonchev–Trinajstić information content (AvgIpc) is 3.55. The molecule has 3 aromatic carbocycles. The maximum Gasteiger partial charge on any atom is 0.335 e. The highest BCUT2D eigenvalue weighted by Gasteiger charge is 2.11. The predicted molar refractivity (Wildman–Crippen MR) is 129 cm³/mol. The van der Waals surface area contributed by atoms with E-state index in [1.807, 2.05) is 54.7 Å². The molecule has 0 atom stereocenters. The van der Waals surface area contributed by atoms with Gasteiger partial charge < -0.3 is 9.84 Å². The van der Waals surface area contributed by atoms with Gasteiger partial charge in [-0.05, 0) is 58.8 Å². The highest BCUT2D eigenvalue weighted by atomic mass is 32.1. The van der Waals surface area contributed by atoms with Crippen LogP contribution in [-0.4, -0.2) is 43.4 Å². The van der Waals surface area contributed by atoms with Gasteiger partial charge in [0, 0.05) is 17.3 Å². The number of hydrogen-bond donors (Lipinski definition) is 1. The van der Waals surface area contributed by atoms with Crippen molar-refractivity contribution in [3.63, 3.8) is 0 Å². The summed E-state index contributed by atoms with van der Waals surface area (Å²) in [5.41, 5.74) is 4.03. The molecule has 0 aliphatic heterocycles. The second-order valence-electron chi connectivity index (χ2n) is 7.48. The third-order valence-electron chi connectivity index (χ3n) is 5.23. The van der Waals surface area contributed by atoms with Gasteiger partial charge in [-0.3, -0.25) is 0 Å². The Hall–Kier alpha value is -4.37. The third-order valence-corrected chi connectivity index (χ3v) is 6.32. The van der Waals surface area contributed by atoms with Crippen molar-refractivity contribution < 1.29 is 14.6 Å². The summed E-state index contributed by atoms with van der Waals surface area (Å²) in [6.07, 6.45) is 1.87. The molecule has 0 aliphatic rings. The molecular weight excluding hydrogens is 450 g/mol. The van der Waals surface area contributed by atoms with Crippen LogP contribution in [0.4, 0.5) is 0 Å². The summed E-state index contributed by atoms with van der Waals surface area (Å²) in [7, 11) is 1.65. The Morgan fingerprint density at radius 2 is 1.76 bits per heavy atom. The van der Waals surface area contributed by atoms with Crippen LogP contribution in [-0.2, 0) is 6.54 Å². The van der Waals surface area contributed by atoms with Gasteiger partial charge in [-0.15, -0.1) is 21.5 Å². The zero-order valence-corrected chi connectivity index (χ0v) is 18.9. The molecule has 8 nitrogen and oxygen atoms in total. The number of tetrazole rings is 1. The van der Waals surface area contributed by atoms with Gasteiger partial charge in [0.2, 0.25) is 5.82 Å². The topological polar surface area (TPSA) is 103 Å². The number of carboxylic acids is 1. The molecule has 0 bridgehead atoms. The molecular formula is C25H19N5O3S. The lowest BCUT2D eigenvalue weighted by Gasteiger charge is -2.01. The minimum Gasteiger partial charge on any atom is -0.497 e. The first-order valence-electron chi connectivity index (χ1n) is 10.4. The van der Waals surface area contributed by atoms with E-state index in [4.69, 9.17) is 9.84 Å². The number of carbonyl (C=O) groups is 1. The number of aromatic nitrogens is 5. The van der Waals surface area contributed by atoms with E-state index in [0.717, 1.165) is 37.9 Å². The van der Waals surface area contributed by atoms with Gasteiger partial charge >= 0.3 is 5.97 Å². The van der Waals surface area contributed by atoms with E-state index in [2.05, 4.69) is 20.4 Å². The molecule has 0 unspecified atom stereocenters. The number of methoxy groups -OCH3 is 1. The Morgan fingerprint density at radius 1 is 1.00 bits per heavy atom. The fourth-order valence-corrected chi connectivity index (χ4v) is 4.35. The summed E-state index contributed by atoms with van der Waals surface area (Å²) in [4.78, 5) is 18.2. The lowest BCUT2D eigenvalue weighted by Crippen LogP contribution is -2.04. The van der Waals surface area contributed by atoms with Gasteiger partial charge in [0.15, 0.2) is 0 Å². The summed E-state index contributed by atoms with van der Waals surface area (Å²) in [6, 6.07) is 22.4. The minimum absolute atomic E-state index is 0.241. The van der Waals surface area contributed by atoms with Crippen molar-refractivity contribution in [2.45, 2.75) is 6.54 Å². The summed E-state index contributed by atoms with van der Waals surface area (Å²) in [5, 5.41) is 22.8. The number of thiazole rings is 1. The Kier molecular flexibility index (Phi) is 5.84. The van der Waals surface area contributed by atoms with E-state index < -0.39 is 5.97 Å². The molecule has 0 fully saturated rings. The van der Waals surface area contributed by atoms with Gasteiger partial charge in [0.05, 0.1) is 24.1 Å². The molecule has 5 aromatic rings. The third kappa shape index (κ3) is 4.55. The molecule has 168 valence electrons. The number of aromatic carboxylic acids is 1. The van der Waals surface area contributed by atoms with Gasteiger partial charge in [0.1, 0.15) is 10.8 Å². The summed E-state index contributed by atoms with van der Waals surface area (Å²) >= 11 is 1.61. The Labute approximate surface area is 199 Å². The van der Waals surface area contributed by atoms with Crippen molar-refractivity contribution in [2.24, 2.45) is 0 Å². The second-order valence-corrected chi connectivity index (χ2v) is 8.52. The smallest absolute Gasteiger partial charge is 0.335 e. The zero-order chi connectivity index (χ0) is 23.5. The molecule has 1 N–H and O–H groups in total. The molecule has 2 heterocycles. The number of carboxylic acid groups (broad SMARTS) is 1. The van der Waals surface area contributed by atoms with Gasteiger partial charge in [-0.2, -0.15) is 4.80 Å². The molecule has 0 aliphatic carbocycles. The van der Waals surface area contributed by atoms with Crippen LogP contribution < -0.4 is 4.74 Å². The summed E-state index contributed by atoms with van der Waals surface area (Å²) < 4.78 is 5.23. The van der Waals surface area contributed by atoms with Gasteiger partial charge in [0.25, 0.3) is 0 Å². The average molecular weight is 470 g/mol. The van der Waals surface area contributed by atoms with Crippen LogP contribution in [0.15, 0.2) is 79.0 Å². The van der Waals surface area contributed by atoms with E-state index in [9.17, 15) is 4.79 Å². The van der Waals surface area contributed by atoms with Crippen molar-refractivity contribution in [3.8, 4) is 38.1 Å². The molecule has 5 rings (SSSR count). The monoisotopic (exact) mass is 469 g/mol. The lowest BCUT2D eigenvalue weighted by molar-refractivity contribution is 0.0697. The summed E-state index contributed by atoms with van der Waals surface area (Å²) in [6.45, 7) is 0.393. The first-order valence-corrected chi connectivity index (χ1v) is 11.2. The number of ether oxygens (including phenoxy) is 1. The van der Waals surface area contributed by atoms with Crippen LogP contribution >= 0.6 is 11.3 Å². The minimum atomic E-state index is -0.955. The van der Waals surface area contributed by atoms with Crippen molar-refractivity contribution in [2.75, 3.05) is 7.11 Å². The standard InChI is InChI=1S/C25H19N5O3S/c1-33-21-11-9-17(10-12-21)22-14-26-24(34-22)20-4-2-3-19(13-20)23-27-29-30(28-23)15-16-5-7-18(8-6-16)25(31)32/h2-14H,15H2,1H3,(H,31,32). The van der Waals surface area contributed by atoms with E-state index in [0.29, 0.717) is 12.4 Å². The molecule has 0 saturated carbocycles. The van der Waals surface area contributed by atoms with Crippen molar-refractivity contribution >= 4 is 17.3 Å². The van der Waals surface area contributed by atoms with E-state index in [1.165, 1.54) is 4.80 Å². The highest BCUT2D eigenvalue weighted by molar-refractivity contribution is 7.18. The number of benzene rings is 3. The van der Waals surface area contributed by atoms with Crippen LogP contribution in [0.5, 0.6) is 5.75 Å². The maximum absolute atomic E-state index is 11.0. The van der Waals surface area contributed by atoms with E-state index in [-0.39, 0.29) is 5.56 Å². The molecule has 0 radical (unpaired) electrons. The number of rotatable bonds is 7. The highest BCUT2D eigenvalue weighted by Crippen LogP contribution is 2.34. The first kappa shape index (κ1) is 21.5. The van der Waals surface area contributed by atoms with Crippen molar-refractivity contribution in [1.82, 2.24) is 25.2 Å². The number of nitrogens with zero attached hydrogens (tertiary/aromatic N) is 5.